The van der Waals surface area contributed by atoms with Gasteiger partial charge in [-0.15, -0.1) is 16.8 Å². The fraction of sp³-hybridized carbons (Fsp3) is 0.107. The van der Waals surface area contributed by atoms with Gasteiger partial charge in [0.25, 0.3) is 5.56 Å². The van der Waals surface area contributed by atoms with Crippen molar-refractivity contribution < 1.29 is 9.47 Å². The van der Waals surface area contributed by atoms with Crippen molar-refractivity contribution in [2.75, 3.05) is 14.2 Å². The lowest BCUT2D eigenvalue weighted by Crippen LogP contribution is -2.11. The van der Waals surface area contributed by atoms with Crippen molar-refractivity contribution in [3.05, 3.63) is 94.8 Å². The minimum atomic E-state index is -0.226. The number of rotatable bonds is 8. The van der Waals surface area contributed by atoms with E-state index < -0.39 is 0 Å². The first-order chi connectivity index (χ1) is 18.0. The first-order valence-electron chi connectivity index (χ1n) is 11.4. The van der Waals surface area contributed by atoms with Crippen LogP contribution in [0.15, 0.2) is 94.2 Å². The first-order valence-corrected chi connectivity index (χ1v) is 12.6. The number of nitrogens with one attached hydrogen (secondary N) is 1. The molecule has 186 valence electrons. The molecule has 0 saturated carbocycles. The molecule has 1 N–H and O–H groups in total. The lowest BCUT2D eigenvalue weighted by atomic mass is 10.0. The second-order valence-corrected chi connectivity index (χ2v) is 9.54. The molecular formula is C28H23ClN4O3S. The van der Waals surface area contributed by atoms with Gasteiger partial charge in [0.15, 0.2) is 11.0 Å². The molecule has 0 atom stereocenters. The fourth-order valence-electron chi connectivity index (χ4n) is 4.14. The quantitative estimate of drug-likeness (QED) is 0.232. The maximum Gasteiger partial charge on any atom is 0.263 e. The Hall–Kier alpha value is -4.01. The predicted octanol–water partition coefficient (Wildman–Crippen LogP) is 6.46. The molecule has 0 aliphatic heterocycles. The Kier molecular flexibility index (Phi) is 7.03. The molecule has 7 nitrogen and oxygen atoms in total. The number of nitrogens with zero attached hydrogens (tertiary/aromatic N) is 3. The SMILES string of the molecule is C=CCn1c(Sc2c(-c3ccccc3)c3cc(Cl)ccc3[nH]c2=O)nnc1-c1cc(OC)cc(OC)c1. The van der Waals surface area contributed by atoms with Crippen LogP contribution in [0.1, 0.15) is 0 Å². The largest absolute Gasteiger partial charge is 0.497 e. The molecule has 9 heteroatoms. The average Bonchev–Trinajstić information content (AvgIpc) is 3.31. The first kappa shape index (κ1) is 24.7. The predicted molar refractivity (Wildman–Crippen MR) is 148 cm³/mol. The zero-order valence-corrected chi connectivity index (χ0v) is 21.8. The summed E-state index contributed by atoms with van der Waals surface area (Å²) in [5.74, 6) is 1.86. The number of pyridine rings is 1. The van der Waals surface area contributed by atoms with Gasteiger partial charge in [-0.2, -0.15) is 0 Å². The number of methoxy groups -OCH3 is 2. The van der Waals surface area contributed by atoms with Gasteiger partial charge < -0.3 is 14.5 Å². The third-order valence-corrected chi connectivity index (χ3v) is 7.14. The molecule has 0 amide bonds. The van der Waals surface area contributed by atoms with Crippen molar-refractivity contribution in [1.82, 2.24) is 19.7 Å². The highest BCUT2D eigenvalue weighted by Gasteiger charge is 2.21. The van der Waals surface area contributed by atoms with Gasteiger partial charge in [0, 0.05) is 39.7 Å². The Bertz CT molecular complexity index is 1640. The molecule has 0 fully saturated rings. The number of halogens is 1. The molecule has 0 spiro atoms. The number of aromatic nitrogens is 4. The molecule has 5 aromatic rings. The standard InChI is InChI=1S/C28H23ClN4O3S/c1-4-12-33-26(18-13-20(35-2)16-21(14-18)36-3)31-32-28(33)37-25-24(17-8-6-5-7-9-17)22-15-19(29)10-11-23(22)30-27(25)34/h4-11,13-16H,1,12H2,2-3H3,(H,30,34). The molecule has 0 aliphatic carbocycles. The molecule has 0 radical (unpaired) electrons. The Morgan fingerprint density at radius 3 is 2.41 bits per heavy atom. The fourth-order valence-corrected chi connectivity index (χ4v) is 5.32. The summed E-state index contributed by atoms with van der Waals surface area (Å²) in [5, 5.41) is 10.9. The number of hydrogen-bond acceptors (Lipinski definition) is 6. The molecule has 0 unspecified atom stereocenters. The van der Waals surface area contributed by atoms with Gasteiger partial charge >= 0.3 is 0 Å². The number of ether oxygens (including phenoxy) is 2. The Morgan fingerprint density at radius 1 is 1.00 bits per heavy atom. The number of aromatic amines is 1. The number of benzene rings is 3. The zero-order valence-electron chi connectivity index (χ0n) is 20.2. The topological polar surface area (TPSA) is 82.0 Å². The summed E-state index contributed by atoms with van der Waals surface area (Å²) in [7, 11) is 3.19. The van der Waals surface area contributed by atoms with E-state index in [9.17, 15) is 4.79 Å². The van der Waals surface area contributed by atoms with E-state index in [2.05, 4.69) is 21.8 Å². The molecule has 2 aromatic heterocycles. The highest BCUT2D eigenvalue weighted by Crippen LogP contribution is 2.39. The zero-order chi connectivity index (χ0) is 25.9. The van der Waals surface area contributed by atoms with Crippen LogP contribution in [0.25, 0.3) is 33.4 Å². The Balaban J connectivity index is 1.70. The van der Waals surface area contributed by atoms with Crippen LogP contribution in [-0.4, -0.2) is 34.0 Å². The second kappa shape index (κ2) is 10.5. The Labute approximate surface area is 222 Å². The van der Waals surface area contributed by atoms with E-state index in [4.69, 9.17) is 21.1 Å². The van der Waals surface area contributed by atoms with Crippen LogP contribution in [0.4, 0.5) is 0 Å². The van der Waals surface area contributed by atoms with Crippen molar-refractivity contribution in [3.63, 3.8) is 0 Å². The van der Waals surface area contributed by atoms with Gasteiger partial charge in [-0.05, 0) is 47.7 Å². The van der Waals surface area contributed by atoms with Crippen molar-refractivity contribution in [1.29, 1.82) is 0 Å². The number of H-pyrrole nitrogens is 1. The van der Waals surface area contributed by atoms with Crippen molar-refractivity contribution in [2.24, 2.45) is 0 Å². The molecule has 37 heavy (non-hydrogen) atoms. The van der Waals surface area contributed by atoms with Gasteiger partial charge in [-0.3, -0.25) is 9.36 Å². The maximum atomic E-state index is 13.4. The van der Waals surface area contributed by atoms with Gasteiger partial charge in [0.2, 0.25) is 0 Å². The van der Waals surface area contributed by atoms with E-state index >= 15 is 0 Å². The number of fused-ring (bicyclic) bond motifs is 1. The van der Waals surface area contributed by atoms with Crippen molar-refractivity contribution in [3.8, 4) is 34.0 Å². The molecule has 2 heterocycles. The highest BCUT2D eigenvalue weighted by molar-refractivity contribution is 7.99. The van der Waals surface area contributed by atoms with E-state index in [1.54, 1.807) is 32.4 Å². The van der Waals surface area contributed by atoms with Crippen molar-refractivity contribution >= 4 is 34.3 Å². The number of allylic oxidation sites excluding steroid dienone is 1. The minimum absolute atomic E-state index is 0.226. The summed E-state index contributed by atoms with van der Waals surface area (Å²) in [6.45, 7) is 4.33. The summed E-state index contributed by atoms with van der Waals surface area (Å²) < 4.78 is 12.8. The van der Waals surface area contributed by atoms with Gasteiger partial charge in [-0.1, -0.05) is 48.0 Å². The average molecular weight is 531 g/mol. The minimum Gasteiger partial charge on any atom is -0.497 e. The Morgan fingerprint density at radius 2 is 1.73 bits per heavy atom. The van der Waals surface area contributed by atoms with E-state index in [0.29, 0.717) is 44.5 Å². The lowest BCUT2D eigenvalue weighted by molar-refractivity contribution is 0.394. The van der Waals surface area contributed by atoms with E-state index in [-0.39, 0.29) is 5.56 Å². The summed E-state index contributed by atoms with van der Waals surface area (Å²) in [6.07, 6.45) is 1.76. The second-order valence-electron chi connectivity index (χ2n) is 8.12. The lowest BCUT2D eigenvalue weighted by Gasteiger charge is -2.14. The molecular weight excluding hydrogens is 508 g/mol. The van der Waals surface area contributed by atoms with Crippen LogP contribution in [0, 0.1) is 0 Å². The third-order valence-electron chi connectivity index (χ3n) is 5.83. The molecule has 0 saturated heterocycles. The molecule has 3 aromatic carbocycles. The monoisotopic (exact) mass is 530 g/mol. The maximum absolute atomic E-state index is 13.4. The van der Waals surface area contributed by atoms with Gasteiger partial charge in [0.1, 0.15) is 11.5 Å². The highest BCUT2D eigenvalue weighted by atomic mass is 35.5. The van der Waals surface area contributed by atoms with Gasteiger partial charge in [0.05, 0.1) is 19.1 Å². The third kappa shape index (κ3) is 4.85. The van der Waals surface area contributed by atoms with E-state index in [1.165, 1.54) is 11.8 Å². The van der Waals surface area contributed by atoms with Crippen LogP contribution < -0.4 is 15.0 Å². The normalized spacial score (nSPS) is 11.0. The van der Waals surface area contributed by atoms with Gasteiger partial charge in [-0.25, -0.2) is 0 Å². The van der Waals surface area contributed by atoms with Crippen LogP contribution in [-0.2, 0) is 6.54 Å². The molecule has 0 aliphatic rings. The molecule has 0 bridgehead atoms. The molecule has 5 rings (SSSR count). The van der Waals surface area contributed by atoms with Crippen LogP contribution in [0.2, 0.25) is 5.02 Å². The van der Waals surface area contributed by atoms with Crippen LogP contribution in [0.3, 0.4) is 0 Å². The van der Waals surface area contributed by atoms with E-state index in [1.807, 2.05) is 59.2 Å². The van der Waals surface area contributed by atoms with Crippen molar-refractivity contribution in [2.45, 2.75) is 16.6 Å². The summed E-state index contributed by atoms with van der Waals surface area (Å²) in [5.41, 5.74) is 2.92. The van der Waals surface area contributed by atoms with E-state index in [0.717, 1.165) is 22.1 Å². The smallest absolute Gasteiger partial charge is 0.263 e. The summed E-state index contributed by atoms with van der Waals surface area (Å²) in [4.78, 5) is 16.9. The summed E-state index contributed by atoms with van der Waals surface area (Å²) >= 11 is 7.61. The van der Waals surface area contributed by atoms with Crippen LogP contribution >= 0.6 is 23.4 Å². The van der Waals surface area contributed by atoms with Crippen LogP contribution in [0.5, 0.6) is 11.5 Å². The summed E-state index contributed by atoms with van der Waals surface area (Å²) in [6, 6.07) is 20.7. The number of hydrogen-bond donors (Lipinski definition) is 1.